The van der Waals surface area contributed by atoms with Gasteiger partial charge in [0, 0.05) is 32.3 Å². The van der Waals surface area contributed by atoms with Gasteiger partial charge in [-0.05, 0) is 44.1 Å². The molecule has 1 unspecified atom stereocenters. The van der Waals surface area contributed by atoms with Gasteiger partial charge in [0.25, 0.3) is 0 Å². The van der Waals surface area contributed by atoms with Crippen LogP contribution in [0.5, 0.6) is 0 Å². The van der Waals surface area contributed by atoms with Crippen LogP contribution in [0.25, 0.3) is 0 Å². The fourth-order valence-corrected chi connectivity index (χ4v) is 2.76. The van der Waals surface area contributed by atoms with E-state index in [0.717, 1.165) is 45.4 Å². The molecule has 0 aromatic carbocycles. The first-order chi connectivity index (χ1) is 8.81. The van der Waals surface area contributed by atoms with Crippen molar-refractivity contribution < 1.29 is 9.53 Å². The molecule has 2 saturated heterocycles. The molecule has 0 bridgehead atoms. The van der Waals surface area contributed by atoms with E-state index in [1.165, 1.54) is 6.42 Å². The monoisotopic (exact) mass is 252 g/mol. The molecular weight excluding hydrogens is 228 g/mol. The van der Waals surface area contributed by atoms with Crippen molar-refractivity contribution in [1.82, 2.24) is 4.90 Å². The Kier molecular flexibility index (Phi) is 5.20. The van der Waals surface area contributed by atoms with Crippen LogP contribution in [0.4, 0.5) is 0 Å². The predicted molar refractivity (Wildman–Crippen MR) is 71.1 cm³/mol. The van der Waals surface area contributed by atoms with Crippen molar-refractivity contribution in [3.05, 3.63) is 12.2 Å². The van der Waals surface area contributed by atoms with Gasteiger partial charge in [-0.3, -0.25) is 4.79 Å². The largest absolute Gasteiger partial charge is 0.381 e. The first-order valence-electron chi connectivity index (χ1n) is 7.08. The van der Waals surface area contributed by atoms with Crippen molar-refractivity contribution in [3.8, 4) is 0 Å². The molecule has 2 aliphatic rings. The Morgan fingerprint density at radius 2 is 2.06 bits per heavy atom. The van der Waals surface area contributed by atoms with E-state index in [2.05, 4.69) is 6.08 Å². The van der Waals surface area contributed by atoms with E-state index < -0.39 is 0 Å². The number of nitrogens with zero attached hydrogens (tertiary/aromatic N) is 1. The number of nitrogens with two attached hydrogens (primary N) is 1. The Balaban J connectivity index is 1.87. The van der Waals surface area contributed by atoms with Crippen molar-refractivity contribution in [2.45, 2.75) is 38.1 Å². The van der Waals surface area contributed by atoms with E-state index in [4.69, 9.17) is 10.5 Å². The van der Waals surface area contributed by atoms with Crippen molar-refractivity contribution in [3.63, 3.8) is 0 Å². The molecule has 0 spiro atoms. The number of carbonyl (C=O) groups excluding carboxylic acids is 1. The summed E-state index contributed by atoms with van der Waals surface area (Å²) >= 11 is 0. The standard InChI is InChI=1S/C14H24N2O2/c15-11-13-3-1-2-8-16(13)14(17)5-4-12-6-9-18-10-7-12/h4-5,12-13H,1-3,6-11,15H2/b5-4+. The number of ether oxygens (including phenoxy) is 1. The summed E-state index contributed by atoms with van der Waals surface area (Å²) in [4.78, 5) is 14.1. The molecule has 2 fully saturated rings. The summed E-state index contributed by atoms with van der Waals surface area (Å²) in [5.41, 5.74) is 5.74. The lowest BCUT2D eigenvalue weighted by Gasteiger charge is -2.34. The second-order valence-corrected chi connectivity index (χ2v) is 5.23. The lowest BCUT2D eigenvalue weighted by Crippen LogP contribution is -2.46. The second kappa shape index (κ2) is 6.90. The molecule has 2 N–H and O–H groups in total. The van der Waals surface area contributed by atoms with Gasteiger partial charge in [0.1, 0.15) is 0 Å². The van der Waals surface area contributed by atoms with Crippen LogP contribution >= 0.6 is 0 Å². The fraction of sp³-hybridized carbons (Fsp3) is 0.786. The molecule has 2 aliphatic heterocycles. The number of hydrogen-bond donors (Lipinski definition) is 1. The van der Waals surface area contributed by atoms with Crippen LogP contribution in [0, 0.1) is 5.92 Å². The molecular formula is C14H24N2O2. The van der Waals surface area contributed by atoms with Crippen LogP contribution in [0.15, 0.2) is 12.2 Å². The van der Waals surface area contributed by atoms with Crippen molar-refractivity contribution in [2.24, 2.45) is 11.7 Å². The lowest BCUT2D eigenvalue weighted by atomic mass is 9.99. The molecule has 1 amide bonds. The highest BCUT2D eigenvalue weighted by atomic mass is 16.5. The Morgan fingerprint density at radius 1 is 1.28 bits per heavy atom. The number of allylic oxidation sites excluding steroid dienone is 1. The molecule has 0 aromatic rings. The zero-order valence-corrected chi connectivity index (χ0v) is 11.0. The highest BCUT2D eigenvalue weighted by Gasteiger charge is 2.24. The number of rotatable bonds is 3. The van der Waals surface area contributed by atoms with Gasteiger partial charge >= 0.3 is 0 Å². The summed E-state index contributed by atoms with van der Waals surface area (Å²) in [5.74, 6) is 0.639. The summed E-state index contributed by atoms with van der Waals surface area (Å²) < 4.78 is 5.31. The first kappa shape index (κ1) is 13.6. The summed E-state index contributed by atoms with van der Waals surface area (Å²) in [5, 5.41) is 0. The average Bonchev–Trinajstić information content (AvgIpc) is 2.45. The van der Waals surface area contributed by atoms with Gasteiger partial charge in [-0.25, -0.2) is 0 Å². The van der Waals surface area contributed by atoms with Crippen LogP contribution < -0.4 is 5.73 Å². The highest BCUT2D eigenvalue weighted by Crippen LogP contribution is 2.18. The van der Waals surface area contributed by atoms with Crippen molar-refractivity contribution in [1.29, 1.82) is 0 Å². The smallest absolute Gasteiger partial charge is 0.246 e. The zero-order chi connectivity index (χ0) is 12.8. The summed E-state index contributed by atoms with van der Waals surface area (Å²) in [7, 11) is 0. The maximum atomic E-state index is 12.2. The SMILES string of the molecule is NCC1CCCCN1C(=O)/C=C/C1CCOCC1. The molecule has 0 aliphatic carbocycles. The quantitative estimate of drug-likeness (QED) is 0.770. The number of hydrogen-bond acceptors (Lipinski definition) is 3. The van der Waals surface area contributed by atoms with Crippen LogP contribution in [0.1, 0.15) is 32.1 Å². The molecule has 18 heavy (non-hydrogen) atoms. The average molecular weight is 252 g/mol. The summed E-state index contributed by atoms with van der Waals surface area (Å²) in [6.07, 6.45) is 9.22. The minimum Gasteiger partial charge on any atom is -0.381 e. The maximum Gasteiger partial charge on any atom is 0.246 e. The second-order valence-electron chi connectivity index (χ2n) is 5.23. The zero-order valence-electron chi connectivity index (χ0n) is 11.0. The van der Waals surface area contributed by atoms with E-state index in [-0.39, 0.29) is 11.9 Å². The van der Waals surface area contributed by atoms with Gasteiger partial charge in [-0.1, -0.05) is 6.08 Å². The third kappa shape index (κ3) is 3.56. The van der Waals surface area contributed by atoms with E-state index in [1.807, 2.05) is 4.90 Å². The van der Waals surface area contributed by atoms with Crippen LogP contribution in [-0.4, -0.2) is 43.2 Å². The Labute approximate surface area is 109 Å². The minimum absolute atomic E-state index is 0.136. The van der Waals surface area contributed by atoms with Gasteiger partial charge in [-0.2, -0.15) is 0 Å². The number of amides is 1. The van der Waals surface area contributed by atoms with Crippen molar-refractivity contribution in [2.75, 3.05) is 26.3 Å². The molecule has 0 aromatic heterocycles. The van der Waals surface area contributed by atoms with Gasteiger partial charge in [0.05, 0.1) is 0 Å². The summed E-state index contributed by atoms with van der Waals surface area (Å²) in [6, 6.07) is 0.241. The molecule has 0 radical (unpaired) electrons. The number of piperidine rings is 1. The molecule has 0 saturated carbocycles. The highest BCUT2D eigenvalue weighted by molar-refractivity contribution is 5.88. The third-order valence-corrected chi connectivity index (χ3v) is 3.96. The van der Waals surface area contributed by atoms with E-state index in [1.54, 1.807) is 6.08 Å². The topological polar surface area (TPSA) is 55.6 Å². The predicted octanol–water partition coefficient (Wildman–Crippen LogP) is 1.31. The van der Waals surface area contributed by atoms with Gasteiger partial charge in [-0.15, -0.1) is 0 Å². The number of carbonyl (C=O) groups is 1. The fourth-order valence-electron chi connectivity index (χ4n) is 2.76. The summed E-state index contributed by atoms with van der Waals surface area (Å²) in [6.45, 7) is 3.08. The Bertz CT molecular complexity index is 298. The normalized spacial score (nSPS) is 26.7. The number of likely N-dealkylation sites (tertiary alicyclic amines) is 1. The van der Waals surface area contributed by atoms with Crippen LogP contribution in [-0.2, 0) is 9.53 Å². The van der Waals surface area contributed by atoms with E-state index in [9.17, 15) is 4.79 Å². The van der Waals surface area contributed by atoms with Crippen molar-refractivity contribution >= 4 is 5.91 Å². The minimum atomic E-state index is 0.136. The third-order valence-electron chi connectivity index (χ3n) is 3.96. The first-order valence-corrected chi connectivity index (χ1v) is 7.08. The van der Waals surface area contributed by atoms with Crippen LogP contribution in [0.3, 0.4) is 0 Å². The molecule has 2 rings (SSSR count). The van der Waals surface area contributed by atoms with Crippen LogP contribution in [0.2, 0.25) is 0 Å². The van der Waals surface area contributed by atoms with E-state index >= 15 is 0 Å². The molecule has 1 atom stereocenters. The molecule has 102 valence electrons. The molecule has 2 heterocycles. The Hall–Kier alpha value is -0.870. The molecule has 4 nitrogen and oxygen atoms in total. The molecule has 4 heteroatoms. The van der Waals surface area contributed by atoms with Gasteiger partial charge in [0.15, 0.2) is 0 Å². The lowest BCUT2D eigenvalue weighted by molar-refractivity contribution is -0.129. The Morgan fingerprint density at radius 3 is 2.78 bits per heavy atom. The van der Waals surface area contributed by atoms with E-state index in [0.29, 0.717) is 12.5 Å². The van der Waals surface area contributed by atoms with Gasteiger partial charge in [0.2, 0.25) is 5.91 Å². The van der Waals surface area contributed by atoms with Gasteiger partial charge < -0.3 is 15.4 Å². The maximum absolute atomic E-state index is 12.2.